The summed E-state index contributed by atoms with van der Waals surface area (Å²) in [7, 11) is 0. The number of hydrogen-bond acceptors (Lipinski definition) is 2. The zero-order valence-electron chi connectivity index (χ0n) is 10.2. The van der Waals surface area contributed by atoms with Crippen LogP contribution in [0.1, 0.15) is 24.7 Å². The lowest BCUT2D eigenvalue weighted by Gasteiger charge is -2.06. The first-order valence-electron chi connectivity index (χ1n) is 6.18. The summed E-state index contributed by atoms with van der Waals surface area (Å²) in [6, 6.07) is 7.79. The molecule has 1 aliphatic carbocycles. The fraction of sp³-hybridized carbons (Fsp3) is 0.429. The summed E-state index contributed by atoms with van der Waals surface area (Å²) in [6.07, 6.45) is 1.28. The van der Waals surface area contributed by atoms with Crippen LogP contribution in [0.4, 0.5) is 0 Å². The van der Waals surface area contributed by atoms with E-state index in [1.165, 1.54) is 6.42 Å². The molecule has 0 aliphatic heterocycles. The molecule has 0 spiro atoms. The fourth-order valence-corrected chi connectivity index (χ4v) is 2.64. The second-order valence-electron chi connectivity index (χ2n) is 5.06. The molecule has 18 heavy (non-hydrogen) atoms. The van der Waals surface area contributed by atoms with E-state index in [9.17, 15) is 0 Å². The van der Waals surface area contributed by atoms with Gasteiger partial charge in [0.05, 0.1) is 28.5 Å². The van der Waals surface area contributed by atoms with Crippen LogP contribution in [-0.2, 0) is 12.4 Å². The predicted molar refractivity (Wildman–Crippen MR) is 71.3 cm³/mol. The number of nitrogens with zero attached hydrogens (tertiary/aromatic N) is 3. The van der Waals surface area contributed by atoms with E-state index in [2.05, 4.69) is 22.5 Å². The van der Waals surface area contributed by atoms with E-state index >= 15 is 0 Å². The van der Waals surface area contributed by atoms with Crippen molar-refractivity contribution in [2.24, 2.45) is 11.8 Å². The van der Waals surface area contributed by atoms with Crippen LogP contribution in [0.2, 0.25) is 0 Å². The van der Waals surface area contributed by atoms with Gasteiger partial charge in [0.15, 0.2) is 0 Å². The van der Waals surface area contributed by atoms with Crippen molar-refractivity contribution in [1.29, 1.82) is 5.26 Å². The SMILES string of the molecule is CC1CC1Cn1c(CCl)nc2ccc(C#N)cc21. The van der Waals surface area contributed by atoms with Crippen LogP contribution in [0, 0.1) is 23.2 Å². The number of alkyl halides is 1. The Kier molecular flexibility index (Phi) is 2.76. The zero-order valence-corrected chi connectivity index (χ0v) is 11.0. The van der Waals surface area contributed by atoms with Crippen LogP contribution in [0.5, 0.6) is 0 Å². The van der Waals surface area contributed by atoms with Gasteiger partial charge in [-0.25, -0.2) is 4.98 Å². The van der Waals surface area contributed by atoms with E-state index in [0.717, 1.165) is 35.2 Å². The van der Waals surface area contributed by atoms with Gasteiger partial charge >= 0.3 is 0 Å². The third-order valence-corrected chi connectivity index (χ3v) is 4.01. The number of hydrogen-bond donors (Lipinski definition) is 0. The van der Waals surface area contributed by atoms with Crippen molar-refractivity contribution in [1.82, 2.24) is 9.55 Å². The average Bonchev–Trinajstić information content (AvgIpc) is 2.97. The topological polar surface area (TPSA) is 41.6 Å². The highest BCUT2D eigenvalue weighted by atomic mass is 35.5. The second kappa shape index (κ2) is 4.29. The van der Waals surface area contributed by atoms with E-state index < -0.39 is 0 Å². The van der Waals surface area contributed by atoms with E-state index in [1.54, 1.807) is 6.07 Å². The molecular weight excluding hydrogens is 246 g/mol. The van der Waals surface area contributed by atoms with Gasteiger partial charge in [-0.2, -0.15) is 5.26 Å². The van der Waals surface area contributed by atoms with Crippen molar-refractivity contribution in [2.75, 3.05) is 0 Å². The Morgan fingerprint density at radius 2 is 2.33 bits per heavy atom. The maximum Gasteiger partial charge on any atom is 0.124 e. The second-order valence-corrected chi connectivity index (χ2v) is 5.33. The summed E-state index contributed by atoms with van der Waals surface area (Å²) >= 11 is 5.97. The Labute approximate surface area is 111 Å². The number of rotatable bonds is 3. The highest BCUT2D eigenvalue weighted by Gasteiger charge is 2.33. The molecule has 1 heterocycles. The molecule has 2 aromatic rings. The molecule has 1 saturated carbocycles. The molecule has 3 rings (SSSR count). The van der Waals surface area contributed by atoms with Gasteiger partial charge in [-0.05, 0) is 36.5 Å². The maximum atomic E-state index is 8.98. The van der Waals surface area contributed by atoms with Crippen LogP contribution in [0.15, 0.2) is 18.2 Å². The highest BCUT2D eigenvalue weighted by Crippen LogP contribution is 2.40. The van der Waals surface area contributed by atoms with Crippen LogP contribution in [-0.4, -0.2) is 9.55 Å². The Bertz CT molecular complexity index is 638. The zero-order chi connectivity index (χ0) is 12.7. The van der Waals surface area contributed by atoms with Crippen LogP contribution < -0.4 is 0 Å². The standard InChI is InChI=1S/C14H14ClN3/c1-9-4-11(9)8-18-13-5-10(7-16)2-3-12(13)17-14(18)6-15/h2-3,5,9,11H,4,6,8H2,1H3. The molecule has 4 heteroatoms. The molecule has 1 aromatic heterocycles. The molecule has 0 amide bonds. The molecule has 0 N–H and O–H groups in total. The summed E-state index contributed by atoms with van der Waals surface area (Å²) in [6.45, 7) is 3.24. The summed E-state index contributed by atoms with van der Waals surface area (Å²) in [5.41, 5.74) is 2.63. The van der Waals surface area contributed by atoms with Gasteiger partial charge in [0.2, 0.25) is 0 Å². The fourth-order valence-electron chi connectivity index (χ4n) is 2.44. The van der Waals surface area contributed by atoms with E-state index in [-0.39, 0.29) is 0 Å². The highest BCUT2D eigenvalue weighted by molar-refractivity contribution is 6.16. The van der Waals surface area contributed by atoms with E-state index in [0.29, 0.717) is 11.4 Å². The van der Waals surface area contributed by atoms with Crippen molar-refractivity contribution in [3.05, 3.63) is 29.6 Å². The Hall–Kier alpha value is -1.53. The van der Waals surface area contributed by atoms with Gasteiger partial charge in [-0.1, -0.05) is 6.92 Å². The number of benzene rings is 1. The molecular formula is C14H14ClN3. The van der Waals surface area contributed by atoms with Gasteiger partial charge in [0.25, 0.3) is 0 Å². The largest absolute Gasteiger partial charge is 0.327 e. The lowest BCUT2D eigenvalue weighted by Crippen LogP contribution is -2.04. The first kappa shape index (κ1) is 11.6. The molecule has 3 nitrogen and oxygen atoms in total. The van der Waals surface area contributed by atoms with Gasteiger partial charge in [0.1, 0.15) is 5.82 Å². The first-order chi connectivity index (χ1) is 8.72. The minimum Gasteiger partial charge on any atom is -0.327 e. The molecule has 2 atom stereocenters. The van der Waals surface area contributed by atoms with E-state index in [4.69, 9.17) is 16.9 Å². The molecule has 0 saturated heterocycles. The lowest BCUT2D eigenvalue weighted by molar-refractivity contribution is 0.591. The van der Waals surface area contributed by atoms with Crippen LogP contribution in [0.25, 0.3) is 11.0 Å². The van der Waals surface area contributed by atoms with Crippen molar-refractivity contribution in [3.63, 3.8) is 0 Å². The molecule has 2 unspecified atom stereocenters. The Balaban J connectivity index is 2.10. The van der Waals surface area contributed by atoms with Crippen molar-refractivity contribution >= 4 is 22.6 Å². The number of halogens is 1. The molecule has 1 fully saturated rings. The number of fused-ring (bicyclic) bond motifs is 1. The molecule has 1 aromatic carbocycles. The quantitative estimate of drug-likeness (QED) is 0.794. The summed E-state index contributed by atoms with van der Waals surface area (Å²) in [5.74, 6) is 2.85. The van der Waals surface area contributed by atoms with Gasteiger partial charge in [-0.3, -0.25) is 0 Å². The minimum absolute atomic E-state index is 0.414. The van der Waals surface area contributed by atoms with Gasteiger partial charge in [0, 0.05) is 6.54 Å². The summed E-state index contributed by atoms with van der Waals surface area (Å²) in [5, 5.41) is 8.98. The smallest absolute Gasteiger partial charge is 0.124 e. The predicted octanol–water partition coefficient (Wildman–Crippen LogP) is 3.30. The normalized spacial score (nSPS) is 22.1. The summed E-state index contributed by atoms with van der Waals surface area (Å²) < 4.78 is 2.18. The Morgan fingerprint density at radius 3 is 2.94 bits per heavy atom. The van der Waals surface area contributed by atoms with Gasteiger partial charge < -0.3 is 4.57 Å². The van der Waals surface area contributed by atoms with Crippen molar-refractivity contribution in [2.45, 2.75) is 25.8 Å². The number of aromatic nitrogens is 2. The third kappa shape index (κ3) is 1.87. The number of imidazole rings is 1. The summed E-state index contributed by atoms with van der Waals surface area (Å²) in [4.78, 5) is 4.53. The molecule has 0 radical (unpaired) electrons. The van der Waals surface area contributed by atoms with E-state index in [1.807, 2.05) is 12.1 Å². The monoisotopic (exact) mass is 259 g/mol. The van der Waals surface area contributed by atoms with Crippen molar-refractivity contribution < 1.29 is 0 Å². The lowest BCUT2D eigenvalue weighted by atomic mass is 10.2. The minimum atomic E-state index is 0.414. The van der Waals surface area contributed by atoms with Gasteiger partial charge in [-0.15, -0.1) is 11.6 Å². The molecule has 0 bridgehead atoms. The molecule has 92 valence electrons. The first-order valence-corrected chi connectivity index (χ1v) is 6.71. The van der Waals surface area contributed by atoms with Crippen LogP contribution in [0.3, 0.4) is 0 Å². The third-order valence-electron chi connectivity index (χ3n) is 3.77. The van der Waals surface area contributed by atoms with Crippen LogP contribution >= 0.6 is 11.6 Å². The Morgan fingerprint density at radius 1 is 1.56 bits per heavy atom. The average molecular weight is 260 g/mol. The maximum absolute atomic E-state index is 8.98. The van der Waals surface area contributed by atoms with Crippen molar-refractivity contribution in [3.8, 4) is 6.07 Å². The molecule has 1 aliphatic rings. The number of nitriles is 1.